The standard InChI is InChI=1S/C17H13F6N3O2S/c18-16(19,20)15(17(21,22)23,26-14(28)11-5-4-8-24-9-11)29-10-13(27)25-12-6-2-1-3-7-12/h1-9H,10H2,(H,25,27)(H,26,28). The Morgan fingerprint density at radius 1 is 0.931 bits per heavy atom. The molecule has 0 unspecified atom stereocenters. The summed E-state index contributed by atoms with van der Waals surface area (Å²) in [6, 6.07) is 9.65. The lowest BCUT2D eigenvalue weighted by molar-refractivity contribution is -0.270. The zero-order valence-electron chi connectivity index (χ0n) is 14.3. The van der Waals surface area contributed by atoms with E-state index in [2.05, 4.69) is 10.3 Å². The Balaban J connectivity index is 2.26. The minimum Gasteiger partial charge on any atom is -0.325 e. The summed E-state index contributed by atoms with van der Waals surface area (Å²) in [6.45, 7) is 0. The number of alkyl halides is 6. The van der Waals surface area contributed by atoms with Crippen molar-refractivity contribution < 1.29 is 35.9 Å². The third-order valence-electron chi connectivity index (χ3n) is 3.49. The van der Waals surface area contributed by atoms with Gasteiger partial charge in [-0.15, -0.1) is 11.8 Å². The van der Waals surface area contributed by atoms with Crippen LogP contribution < -0.4 is 10.6 Å². The molecule has 0 aliphatic heterocycles. The highest BCUT2D eigenvalue weighted by atomic mass is 32.2. The minimum absolute atomic E-state index is 0.196. The van der Waals surface area contributed by atoms with Gasteiger partial charge in [-0.05, 0) is 24.3 Å². The number of aromatic nitrogens is 1. The lowest BCUT2D eigenvalue weighted by atomic mass is 10.2. The molecule has 0 aliphatic carbocycles. The van der Waals surface area contributed by atoms with E-state index in [9.17, 15) is 35.9 Å². The van der Waals surface area contributed by atoms with Gasteiger partial charge < -0.3 is 10.6 Å². The zero-order valence-corrected chi connectivity index (χ0v) is 15.2. The number of nitrogens with zero attached hydrogens (tertiary/aromatic N) is 1. The number of pyridine rings is 1. The van der Waals surface area contributed by atoms with Crippen LogP contribution in [-0.2, 0) is 4.79 Å². The number of para-hydroxylation sites is 1. The second-order valence-corrected chi connectivity index (χ2v) is 6.77. The third kappa shape index (κ3) is 5.40. The van der Waals surface area contributed by atoms with Crippen LogP contribution >= 0.6 is 11.8 Å². The number of nitrogens with one attached hydrogen (secondary N) is 2. The predicted molar refractivity (Wildman–Crippen MR) is 94.1 cm³/mol. The summed E-state index contributed by atoms with van der Waals surface area (Å²) in [4.78, 5) is 22.7. The van der Waals surface area contributed by atoms with Crippen molar-refractivity contribution in [1.82, 2.24) is 10.3 Å². The van der Waals surface area contributed by atoms with Gasteiger partial charge in [-0.1, -0.05) is 18.2 Å². The number of rotatable bonds is 6. The van der Waals surface area contributed by atoms with Crippen LogP contribution in [0.15, 0.2) is 54.9 Å². The number of anilines is 1. The first-order chi connectivity index (χ1) is 13.5. The Hall–Kier alpha value is -2.76. The molecule has 2 aromatic rings. The van der Waals surface area contributed by atoms with Gasteiger partial charge in [-0.3, -0.25) is 14.6 Å². The molecule has 2 rings (SSSR count). The van der Waals surface area contributed by atoms with Crippen LogP contribution in [0, 0.1) is 0 Å². The molecule has 29 heavy (non-hydrogen) atoms. The van der Waals surface area contributed by atoms with Gasteiger partial charge in [0.15, 0.2) is 0 Å². The molecule has 0 saturated heterocycles. The minimum atomic E-state index is -5.94. The summed E-state index contributed by atoms with van der Waals surface area (Å²) < 4.78 is 81.1. The van der Waals surface area contributed by atoms with Crippen LogP contribution in [0.3, 0.4) is 0 Å². The van der Waals surface area contributed by atoms with Crippen LogP contribution in [0.25, 0.3) is 0 Å². The molecule has 1 aromatic heterocycles. The van der Waals surface area contributed by atoms with E-state index >= 15 is 0 Å². The van der Waals surface area contributed by atoms with Crippen LogP contribution in [0.1, 0.15) is 10.4 Å². The molecule has 156 valence electrons. The number of thioether (sulfide) groups is 1. The maximum atomic E-state index is 13.5. The van der Waals surface area contributed by atoms with E-state index in [0.717, 1.165) is 17.6 Å². The largest absolute Gasteiger partial charge is 0.430 e. The van der Waals surface area contributed by atoms with Crippen molar-refractivity contribution >= 4 is 29.3 Å². The maximum Gasteiger partial charge on any atom is 0.430 e. The number of hydrogen-bond acceptors (Lipinski definition) is 4. The SMILES string of the molecule is O=C(CSC(NC(=O)c1cccnc1)(C(F)(F)F)C(F)(F)F)Nc1ccccc1. The average molecular weight is 437 g/mol. The lowest BCUT2D eigenvalue weighted by Gasteiger charge is -2.37. The predicted octanol–water partition coefficient (Wildman–Crippen LogP) is 4.00. The van der Waals surface area contributed by atoms with E-state index in [1.807, 2.05) is 0 Å². The summed E-state index contributed by atoms with van der Waals surface area (Å²) in [5, 5.41) is 3.19. The van der Waals surface area contributed by atoms with E-state index < -0.39 is 52.1 Å². The Kier molecular flexibility index (Phi) is 6.77. The molecule has 2 N–H and O–H groups in total. The first kappa shape index (κ1) is 22.5. The van der Waals surface area contributed by atoms with Gasteiger partial charge in [0, 0.05) is 18.1 Å². The Morgan fingerprint density at radius 2 is 1.55 bits per heavy atom. The summed E-state index contributed by atoms with van der Waals surface area (Å²) in [7, 11) is 0. The molecule has 0 saturated carbocycles. The molecular formula is C17H13F6N3O2S. The van der Waals surface area contributed by atoms with Crippen molar-refractivity contribution in [1.29, 1.82) is 0 Å². The van der Waals surface area contributed by atoms with Gasteiger partial charge in [-0.25, -0.2) is 0 Å². The van der Waals surface area contributed by atoms with Crippen molar-refractivity contribution in [3.05, 3.63) is 60.4 Å². The van der Waals surface area contributed by atoms with Crippen LogP contribution in [0.4, 0.5) is 32.0 Å². The van der Waals surface area contributed by atoms with Crippen molar-refractivity contribution in [2.24, 2.45) is 0 Å². The van der Waals surface area contributed by atoms with Crippen molar-refractivity contribution in [3.63, 3.8) is 0 Å². The van der Waals surface area contributed by atoms with Gasteiger partial charge in [-0.2, -0.15) is 26.3 Å². The van der Waals surface area contributed by atoms with Crippen molar-refractivity contribution in [3.8, 4) is 0 Å². The molecular weight excluding hydrogens is 424 g/mol. The number of halogens is 6. The van der Waals surface area contributed by atoms with Crippen LogP contribution in [0.5, 0.6) is 0 Å². The third-order valence-corrected chi connectivity index (χ3v) is 4.89. The van der Waals surface area contributed by atoms with E-state index in [0.29, 0.717) is 0 Å². The highest BCUT2D eigenvalue weighted by Crippen LogP contribution is 2.50. The fraction of sp³-hybridized carbons (Fsp3) is 0.235. The van der Waals surface area contributed by atoms with Gasteiger partial charge in [0.2, 0.25) is 5.91 Å². The Morgan fingerprint density at radius 3 is 2.07 bits per heavy atom. The second kappa shape index (κ2) is 8.72. The molecule has 12 heteroatoms. The fourth-order valence-electron chi connectivity index (χ4n) is 2.12. The molecule has 1 heterocycles. The molecule has 0 fully saturated rings. The molecule has 0 atom stereocenters. The van der Waals surface area contributed by atoms with Crippen molar-refractivity contribution in [2.75, 3.05) is 11.1 Å². The highest BCUT2D eigenvalue weighted by Gasteiger charge is 2.72. The van der Waals surface area contributed by atoms with E-state index in [1.165, 1.54) is 36.5 Å². The molecule has 5 nitrogen and oxygen atoms in total. The quantitative estimate of drug-likeness (QED) is 0.530. The lowest BCUT2D eigenvalue weighted by Crippen LogP contribution is -2.65. The molecule has 0 spiro atoms. The molecule has 1 aromatic carbocycles. The number of amides is 2. The van der Waals surface area contributed by atoms with Gasteiger partial charge >= 0.3 is 12.4 Å². The second-order valence-electron chi connectivity index (χ2n) is 5.58. The molecule has 0 radical (unpaired) electrons. The summed E-state index contributed by atoms with van der Waals surface area (Å²) in [5.74, 6) is -3.96. The monoisotopic (exact) mass is 437 g/mol. The normalized spacial score (nSPS) is 12.3. The van der Waals surface area contributed by atoms with Gasteiger partial charge in [0.05, 0.1) is 11.3 Å². The van der Waals surface area contributed by atoms with Crippen molar-refractivity contribution in [2.45, 2.75) is 17.2 Å². The molecule has 0 aliphatic rings. The number of carbonyl (C=O) groups excluding carboxylic acids is 2. The topological polar surface area (TPSA) is 71.1 Å². The Labute approximate surface area is 164 Å². The van der Waals surface area contributed by atoms with Gasteiger partial charge in [0.25, 0.3) is 10.8 Å². The number of benzene rings is 1. The maximum absolute atomic E-state index is 13.5. The van der Waals surface area contributed by atoms with Crippen LogP contribution in [-0.4, -0.2) is 39.8 Å². The van der Waals surface area contributed by atoms with E-state index in [1.54, 1.807) is 6.07 Å². The summed E-state index contributed by atoms with van der Waals surface area (Å²) >= 11 is -0.781. The van der Waals surface area contributed by atoms with E-state index in [4.69, 9.17) is 0 Å². The van der Waals surface area contributed by atoms with E-state index in [-0.39, 0.29) is 5.69 Å². The van der Waals surface area contributed by atoms with Gasteiger partial charge in [0.1, 0.15) is 0 Å². The highest BCUT2D eigenvalue weighted by molar-refractivity contribution is 8.01. The first-order valence-corrected chi connectivity index (χ1v) is 8.80. The van der Waals surface area contributed by atoms with Crippen LogP contribution in [0.2, 0.25) is 0 Å². The summed E-state index contributed by atoms with van der Waals surface area (Å²) in [5.41, 5.74) is -0.304. The fourth-order valence-corrected chi connectivity index (χ4v) is 3.04. The first-order valence-electron chi connectivity index (χ1n) is 7.81. The Bertz CT molecular complexity index is 830. The smallest absolute Gasteiger partial charge is 0.325 e. The number of hydrogen-bond donors (Lipinski definition) is 2. The zero-order chi connectivity index (χ0) is 21.7. The molecule has 0 bridgehead atoms. The molecule has 2 amide bonds. The summed E-state index contributed by atoms with van der Waals surface area (Å²) in [6.07, 6.45) is -9.87. The number of carbonyl (C=O) groups is 2. The average Bonchev–Trinajstić information content (AvgIpc) is 2.64.